The maximum atomic E-state index is 5.31. The lowest BCUT2D eigenvalue weighted by Gasteiger charge is -2.09. The Morgan fingerprint density at radius 3 is 3.00 bits per heavy atom. The fraction of sp³-hybridized carbons (Fsp3) is 0.357. The van der Waals surface area contributed by atoms with Crippen LogP contribution in [0.25, 0.3) is 0 Å². The predicted octanol–water partition coefficient (Wildman–Crippen LogP) is 3.93. The maximum absolute atomic E-state index is 5.31. The Morgan fingerprint density at radius 1 is 1.28 bits per heavy atom. The van der Waals surface area contributed by atoms with Crippen molar-refractivity contribution < 1.29 is 4.42 Å². The van der Waals surface area contributed by atoms with Gasteiger partial charge in [-0.2, -0.15) is 0 Å². The maximum Gasteiger partial charge on any atom is 0.129 e. The Balaban J connectivity index is 1.87. The molecule has 2 rings (SSSR count). The molecule has 0 saturated heterocycles. The minimum absolute atomic E-state index is 0.898. The molecule has 1 N–H and O–H groups in total. The van der Waals surface area contributed by atoms with E-state index in [2.05, 4.69) is 23.3 Å². The molecule has 0 aliphatic rings. The number of aromatic nitrogens is 1. The topological polar surface area (TPSA) is 38.1 Å². The number of pyridine rings is 1. The summed E-state index contributed by atoms with van der Waals surface area (Å²) in [5, 5.41) is 3.36. The van der Waals surface area contributed by atoms with Crippen molar-refractivity contribution in [2.24, 2.45) is 0 Å². The van der Waals surface area contributed by atoms with E-state index < -0.39 is 0 Å². The van der Waals surface area contributed by atoms with Gasteiger partial charge in [0.05, 0.1) is 12.0 Å². The zero-order valence-electron chi connectivity index (χ0n) is 10.6. The molecule has 0 bridgehead atoms. The highest BCUT2D eigenvalue weighted by atomic mass is 32.2. The highest BCUT2D eigenvalue weighted by Gasteiger charge is 2.03. The van der Waals surface area contributed by atoms with Crippen LogP contribution in [0.2, 0.25) is 0 Å². The molecule has 4 heteroatoms. The predicted molar refractivity (Wildman–Crippen MR) is 76.7 cm³/mol. The van der Waals surface area contributed by atoms with Crippen molar-refractivity contribution in [1.29, 1.82) is 0 Å². The van der Waals surface area contributed by atoms with E-state index in [4.69, 9.17) is 4.42 Å². The molecule has 0 aliphatic heterocycles. The van der Waals surface area contributed by atoms with Crippen molar-refractivity contribution in [2.45, 2.75) is 24.9 Å². The summed E-state index contributed by atoms with van der Waals surface area (Å²) >= 11 is 1.84. The quantitative estimate of drug-likeness (QED) is 0.820. The van der Waals surface area contributed by atoms with E-state index in [1.54, 1.807) is 6.26 Å². The summed E-state index contributed by atoms with van der Waals surface area (Å²) in [6.07, 6.45) is 4.66. The molecule has 0 amide bonds. The van der Waals surface area contributed by atoms with Gasteiger partial charge in [0.25, 0.3) is 0 Å². The lowest BCUT2D eigenvalue weighted by molar-refractivity contribution is 0.530. The van der Waals surface area contributed by atoms with E-state index >= 15 is 0 Å². The Hall–Kier alpha value is -1.42. The van der Waals surface area contributed by atoms with Crippen LogP contribution in [0.4, 0.5) is 5.82 Å². The third-order valence-corrected chi connectivity index (χ3v) is 3.52. The molecule has 0 radical (unpaired) electrons. The Morgan fingerprint density at radius 2 is 2.22 bits per heavy atom. The molecule has 0 fully saturated rings. The van der Waals surface area contributed by atoms with E-state index in [1.165, 1.54) is 5.56 Å². The SMILES string of the molecule is CCCNc1ncccc1CSCc1ccco1. The van der Waals surface area contributed by atoms with Crippen molar-refractivity contribution in [3.8, 4) is 0 Å². The summed E-state index contributed by atoms with van der Waals surface area (Å²) in [6, 6.07) is 8.04. The van der Waals surface area contributed by atoms with Crippen LogP contribution in [-0.2, 0) is 11.5 Å². The average molecular weight is 262 g/mol. The van der Waals surface area contributed by atoms with E-state index in [1.807, 2.05) is 36.2 Å². The lowest BCUT2D eigenvalue weighted by Crippen LogP contribution is -2.04. The Kier molecular flexibility index (Phi) is 5.15. The number of nitrogens with one attached hydrogen (secondary N) is 1. The fourth-order valence-electron chi connectivity index (χ4n) is 1.61. The molecular formula is C14H18N2OS. The second-order valence-electron chi connectivity index (χ2n) is 4.01. The van der Waals surface area contributed by atoms with Gasteiger partial charge in [0, 0.05) is 24.1 Å². The highest BCUT2D eigenvalue weighted by molar-refractivity contribution is 7.97. The smallest absolute Gasteiger partial charge is 0.129 e. The number of rotatable bonds is 7. The van der Waals surface area contributed by atoms with Crippen LogP contribution >= 0.6 is 11.8 Å². The van der Waals surface area contributed by atoms with Crippen molar-refractivity contribution in [1.82, 2.24) is 4.98 Å². The summed E-state index contributed by atoms with van der Waals surface area (Å²) in [7, 11) is 0. The van der Waals surface area contributed by atoms with Crippen LogP contribution in [0.1, 0.15) is 24.7 Å². The van der Waals surface area contributed by atoms with Gasteiger partial charge in [0.2, 0.25) is 0 Å². The molecule has 2 aromatic rings. The van der Waals surface area contributed by atoms with Gasteiger partial charge >= 0.3 is 0 Å². The van der Waals surface area contributed by atoms with Crippen molar-refractivity contribution in [2.75, 3.05) is 11.9 Å². The Labute approximate surface area is 112 Å². The lowest BCUT2D eigenvalue weighted by atomic mass is 10.3. The number of hydrogen-bond donors (Lipinski definition) is 1. The summed E-state index contributed by atoms with van der Waals surface area (Å²) in [4.78, 5) is 4.38. The molecule has 2 heterocycles. The number of hydrogen-bond acceptors (Lipinski definition) is 4. The van der Waals surface area contributed by atoms with Crippen LogP contribution in [-0.4, -0.2) is 11.5 Å². The summed E-state index contributed by atoms with van der Waals surface area (Å²) in [6.45, 7) is 3.12. The number of anilines is 1. The van der Waals surface area contributed by atoms with E-state index in [-0.39, 0.29) is 0 Å². The fourth-order valence-corrected chi connectivity index (χ4v) is 2.53. The van der Waals surface area contributed by atoms with Crippen LogP contribution < -0.4 is 5.32 Å². The van der Waals surface area contributed by atoms with Gasteiger partial charge in [-0.3, -0.25) is 0 Å². The van der Waals surface area contributed by atoms with Crippen molar-refractivity contribution in [3.63, 3.8) is 0 Å². The van der Waals surface area contributed by atoms with E-state index in [0.29, 0.717) is 0 Å². The molecule has 2 aromatic heterocycles. The Bertz CT molecular complexity index is 457. The van der Waals surface area contributed by atoms with Crippen LogP contribution in [0.15, 0.2) is 41.1 Å². The molecule has 0 spiro atoms. The number of thioether (sulfide) groups is 1. The van der Waals surface area contributed by atoms with Gasteiger partial charge in [-0.15, -0.1) is 11.8 Å². The molecule has 96 valence electrons. The molecule has 0 unspecified atom stereocenters. The third-order valence-electron chi connectivity index (χ3n) is 2.52. The third kappa shape index (κ3) is 3.81. The summed E-state index contributed by atoms with van der Waals surface area (Å²) < 4.78 is 5.31. The molecular weight excluding hydrogens is 244 g/mol. The van der Waals surface area contributed by atoms with Gasteiger partial charge < -0.3 is 9.73 Å². The first-order valence-electron chi connectivity index (χ1n) is 6.18. The minimum Gasteiger partial charge on any atom is -0.468 e. The zero-order chi connectivity index (χ0) is 12.6. The second-order valence-corrected chi connectivity index (χ2v) is 5.00. The molecule has 3 nitrogen and oxygen atoms in total. The number of nitrogens with zero attached hydrogens (tertiary/aromatic N) is 1. The number of furan rings is 1. The average Bonchev–Trinajstić information content (AvgIpc) is 2.91. The summed E-state index contributed by atoms with van der Waals surface area (Å²) in [5.41, 5.74) is 1.25. The first-order chi connectivity index (χ1) is 8.90. The van der Waals surface area contributed by atoms with E-state index in [9.17, 15) is 0 Å². The molecule has 0 aromatic carbocycles. The first kappa shape index (κ1) is 13.0. The normalized spacial score (nSPS) is 10.5. The van der Waals surface area contributed by atoms with Crippen LogP contribution in [0.5, 0.6) is 0 Å². The monoisotopic (exact) mass is 262 g/mol. The van der Waals surface area contributed by atoms with Crippen molar-refractivity contribution in [3.05, 3.63) is 48.0 Å². The van der Waals surface area contributed by atoms with E-state index in [0.717, 1.165) is 36.0 Å². The van der Waals surface area contributed by atoms with Gasteiger partial charge in [-0.1, -0.05) is 13.0 Å². The van der Waals surface area contributed by atoms with Gasteiger partial charge in [-0.25, -0.2) is 4.98 Å². The van der Waals surface area contributed by atoms with Gasteiger partial charge in [0.1, 0.15) is 11.6 Å². The molecule has 0 aliphatic carbocycles. The molecule has 0 atom stereocenters. The molecule has 18 heavy (non-hydrogen) atoms. The summed E-state index contributed by atoms with van der Waals surface area (Å²) in [5.74, 6) is 3.87. The van der Waals surface area contributed by atoms with Crippen molar-refractivity contribution >= 4 is 17.6 Å². The second kappa shape index (κ2) is 7.11. The zero-order valence-corrected chi connectivity index (χ0v) is 11.4. The highest BCUT2D eigenvalue weighted by Crippen LogP contribution is 2.22. The standard InChI is InChI=1S/C14H18N2OS/c1-2-7-15-14-12(5-3-8-16-14)10-18-11-13-6-4-9-17-13/h3-6,8-9H,2,7,10-11H2,1H3,(H,15,16). The van der Waals surface area contributed by atoms with Crippen LogP contribution in [0.3, 0.4) is 0 Å². The van der Waals surface area contributed by atoms with Gasteiger partial charge in [-0.05, 0) is 24.6 Å². The molecule has 0 saturated carbocycles. The largest absolute Gasteiger partial charge is 0.468 e. The minimum atomic E-state index is 0.898. The van der Waals surface area contributed by atoms with Crippen LogP contribution in [0, 0.1) is 0 Å². The first-order valence-corrected chi connectivity index (χ1v) is 7.33. The van der Waals surface area contributed by atoms with Gasteiger partial charge in [0.15, 0.2) is 0 Å².